The zero-order chi connectivity index (χ0) is 40.6. The Kier molecular flexibility index (Phi) is 16.7. The van der Waals surface area contributed by atoms with Crippen molar-refractivity contribution in [3.8, 4) is 0 Å². The molecule has 0 spiro atoms. The molecule has 2 heterocycles. The molecule has 61 heavy (non-hydrogen) atoms. The topological polar surface area (TPSA) is 27.7 Å². The number of hydrogen-bond donors (Lipinski definition) is 0. The third-order valence-corrected chi connectivity index (χ3v) is 13.8. The number of benzene rings is 7. The quantitative estimate of drug-likeness (QED) is 0.127. The molecule has 7 aromatic rings. The maximum atomic E-state index is 7.12. The summed E-state index contributed by atoms with van der Waals surface area (Å²) in [4.78, 5) is 0. The average Bonchev–Trinajstić information content (AvgIpc) is 4.08. The van der Waals surface area contributed by atoms with Gasteiger partial charge in [0.05, 0.1) is 7.92 Å². The minimum Gasteiger partial charge on any atom is -0.381 e. The van der Waals surface area contributed by atoms with Gasteiger partial charge in [-0.05, 0) is 107 Å². The molecular formula is C56H54NiO3P+. The van der Waals surface area contributed by atoms with Crippen LogP contribution in [0.25, 0.3) is 24.3 Å². The van der Waals surface area contributed by atoms with Gasteiger partial charge < -0.3 is 14.2 Å². The molecule has 0 radical (unpaired) electrons. The summed E-state index contributed by atoms with van der Waals surface area (Å²) in [6, 6.07) is 66.8. The maximum Gasteiger partial charge on any atom is 0.110 e. The summed E-state index contributed by atoms with van der Waals surface area (Å²) in [5.74, 6) is 0. The first-order valence-electron chi connectivity index (χ1n) is 21.4. The first kappa shape index (κ1) is 43.9. The number of rotatable bonds is 5. The van der Waals surface area contributed by atoms with Crippen molar-refractivity contribution >= 4 is 48.1 Å². The predicted octanol–water partition coefficient (Wildman–Crippen LogP) is 12.3. The summed E-state index contributed by atoms with van der Waals surface area (Å²) < 4.78 is 17.0. The molecule has 2 fully saturated rings. The normalized spacial score (nSPS) is 14.7. The van der Waals surface area contributed by atoms with E-state index >= 15 is 0 Å². The number of ether oxygens (including phenoxy) is 3. The summed E-state index contributed by atoms with van der Waals surface area (Å²) in [5.41, 5.74) is 9.64. The molecule has 3 nitrogen and oxygen atoms in total. The van der Waals surface area contributed by atoms with Crippen LogP contribution in [0.15, 0.2) is 188 Å². The van der Waals surface area contributed by atoms with Gasteiger partial charge >= 0.3 is 0 Å². The Labute approximate surface area is 373 Å². The molecule has 7 aromatic carbocycles. The van der Waals surface area contributed by atoms with E-state index in [0.29, 0.717) is 0 Å². The Balaban J connectivity index is 0.000000157. The van der Waals surface area contributed by atoms with Gasteiger partial charge in [0.1, 0.15) is 28.1 Å². The molecule has 0 unspecified atom stereocenters. The Morgan fingerprint density at radius 2 is 0.574 bits per heavy atom. The third kappa shape index (κ3) is 11.6. The van der Waals surface area contributed by atoms with Crippen LogP contribution in [-0.2, 0) is 30.7 Å². The first-order valence-corrected chi connectivity index (χ1v) is 22.9. The fraction of sp³-hybridized carbons (Fsp3) is 0.179. The van der Waals surface area contributed by atoms with Crippen LogP contribution >= 0.6 is 7.92 Å². The van der Waals surface area contributed by atoms with E-state index in [1.807, 2.05) is 0 Å². The van der Waals surface area contributed by atoms with Crippen molar-refractivity contribution in [2.75, 3.05) is 26.4 Å². The Morgan fingerprint density at radius 3 is 0.820 bits per heavy atom. The van der Waals surface area contributed by atoms with E-state index in [2.05, 4.69) is 212 Å². The van der Waals surface area contributed by atoms with Crippen LogP contribution in [0.1, 0.15) is 82.4 Å². The number of hydrogen-bond acceptors (Lipinski definition) is 3. The van der Waals surface area contributed by atoms with Crippen molar-refractivity contribution in [1.82, 2.24) is 0 Å². The molecule has 2 aliphatic carbocycles. The van der Waals surface area contributed by atoms with E-state index < -0.39 is 7.92 Å². The van der Waals surface area contributed by atoms with Crippen molar-refractivity contribution in [1.29, 1.82) is 0 Å². The SMILES string of the molecule is C1=Cc2ccccc2C(OC2c3ccccc3C=Cc3ccccc32)c2ccccc21.C1CCOC1.C1CCOC1.[Ni].c1ccc([PH+](c2ccccc2)c2ccccc2)cc1. The van der Waals surface area contributed by atoms with Gasteiger partial charge in [0.25, 0.3) is 0 Å². The summed E-state index contributed by atoms with van der Waals surface area (Å²) >= 11 is 0. The van der Waals surface area contributed by atoms with Crippen LogP contribution in [0.5, 0.6) is 0 Å². The molecule has 0 aromatic heterocycles. The van der Waals surface area contributed by atoms with E-state index in [1.165, 1.54) is 86.1 Å². The van der Waals surface area contributed by atoms with Crippen molar-refractivity contribution in [3.05, 3.63) is 233 Å². The van der Waals surface area contributed by atoms with Crippen LogP contribution in [0, 0.1) is 0 Å². The molecule has 5 heteroatoms. The van der Waals surface area contributed by atoms with E-state index in [4.69, 9.17) is 14.2 Å². The Hall–Kier alpha value is -5.18. The molecule has 11 rings (SSSR count). The Morgan fingerprint density at radius 1 is 0.328 bits per heavy atom. The van der Waals surface area contributed by atoms with Gasteiger partial charge in [-0.3, -0.25) is 0 Å². The molecule has 2 saturated heterocycles. The van der Waals surface area contributed by atoms with Gasteiger partial charge in [-0.15, -0.1) is 0 Å². The van der Waals surface area contributed by atoms with Crippen LogP contribution in [0.4, 0.5) is 0 Å². The van der Waals surface area contributed by atoms with E-state index in [-0.39, 0.29) is 28.7 Å². The smallest absolute Gasteiger partial charge is 0.110 e. The maximum absolute atomic E-state index is 7.12. The summed E-state index contributed by atoms with van der Waals surface area (Å²) in [7, 11) is -0.877. The predicted molar refractivity (Wildman–Crippen MR) is 255 cm³/mol. The number of fused-ring (bicyclic) bond motifs is 4. The van der Waals surface area contributed by atoms with Crippen LogP contribution < -0.4 is 15.9 Å². The first-order chi connectivity index (χ1) is 29.8. The second kappa shape index (κ2) is 23.2. The van der Waals surface area contributed by atoms with Gasteiger partial charge in [-0.2, -0.15) is 0 Å². The minimum atomic E-state index is -0.877. The van der Waals surface area contributed by atoms with Crippen molar-refractivity contribution in [3.63, 3.8) is 0 Å². The molecule has 0 atom stereocenters. The summed E-state index contributed by atoms with van der Waals surface area (Å²) in [6.07, 6.45) is 13.6. The van der Waals surface area contributed by atoms with E-state index in [9.17, 15) is 0 Å². The fourth-order valence-electron chi connectivity index (χ4n) is 8.06. The largest absolute Gasteiger partial charge is 0.381 e. The molecule has 0 amide bonds. The molecule has 0 N–H and O–H groups in total. The van der Waals surface area contributed by atoms with Crippen molar-refractivity contribution < 1.29 is 30.7 Å². The zero-order valence-corrected chi connectivity index (χ0v) is 36.5. The molecule has 4 aliphatic rings. The van der Waals surface area contributed by atoms with E-state index in [0.717, 1.165) is 26.4 Å². The standard InChI is InChI=1S/C30H22O.C18H15P.2C4H8O.Ni/c1-5-13-25-21(9-1)17-18-22-10-2-6-14-26(22)29(25)31-30-27-15-7-3-11-23(27)19-20-24-12-4-8-16-28(24)30;1-4-10-16(11-5-1)19(17-12-6-2-7-13-17)18-14-8-3-9-15-18;2*1-2-4-5-3-1;/h1-20,29-30H;1-15H;2*1-4H2;/p+1. The average molecular weight is 865 g/mol. The molecule has 2 aliphatic heterocycles. The van der Waals surface area contributed by atoms with Gasteiger partial charge in [0.2, 0.25) is 0 Å². The minimum absolute atomic E-state index is 0. The van der Waals surface area contributed by atoms with Crippen molar-refractivity contribution in [2.24, 2.45) is 0 Å². The summed E-state index contributed by atoms with van der Waals surface area (Å²) in [5, 5.41) is 4.31. The van der Waals surface area contributed by atoms with Crippen LogP contribution in [0.3, 0.4) is 0 Å². The second-order valence-corrected chi connectivity index (χ2v) is 17.7. The van der Waals surface area contributed by atoms with E-state index in [1.54, 1.807) is 0 Å². The summed E-state index contributed by atoms with van der Waals surface area (Å²) in [6.45, 7) is 4.00. The fourth-order valence-corrected chi connectivity index (χ4v) is 10.6. The zero-order valence-electron chi connectivity index (χ0n) is 34.6. The van der Waals surface area contributed by atoms with Crippen LogP contribution in [-0.4, -0.2) is 26.4 Å². The molecular weight excluding hydrogens is 810 g/mol. The third-order valence-electron chi connectivity index (χ3n) is 11.1. The monoisotopic (exact) mass is 863 g/mol. The molecule has 310 valence electrons. The Bertz CT molecular complexity index is 2120. The second-order valence-electron chi connectivity index (χ2n) is 15.2. The van der Waals surface area contributed by atoms with Crippen molar-refractivity contribution in [2.45, 2.75) is 37.9 Å². The van der Waals surface area contributed by atoms with Gasteiger partial charge in [-0.1, -0.05) is 176 Å². The van der Waals surface area contributed by atoms with Gasteiger partial charge in [0.15, 0.2) is 0 Å². The van der Waals surface area contributed by atoms with Gasteiger partial charge in [-0.25, -0.2) is 0 Å². The molecule has 0 bridgehead atoms. The van der Waals surface area contributed by atoms with Crippen LogP contribution in [0.2, 0.25) is 0 Å². The van der Waals surface area contributed by atoms with Gasteiger partial charge in [0, 0.05) is 42.9 Å². The molecule has 0 saturated carbocycles.